The molecule has 1 rings (SSSR count). The Morgan fingerprint density at radius 3 is 2.65 bits per heavy atom. The summed E-state index contributed by atoms with van der Waals surface area (Å²) in [5.41, 5.74) is 6.13. The van der Waals surface area contributed by atoms with Crippen molar-refractivity contribution in [3.05, 3.63) is 22.5 Å². The van der Waals surface area contributed by atoms with E-state index >= 15 is 0 Å². The lowest BCUT2D eigenvalue weighted by molar-refractivity contribution is 0.202. The van der Waals surface area contributed by atoms with Crippen LogP contribution in [-0.4, -0.2) is 36.2 Å². The average molecular weight is 279 g/mol. The smallest absolute Gasteiger partial charge is 0.123 e. The molecule has 17 heavy (non-hydrogen) atoms. The largest absolute Gasteiger partial charge is 0.304 e. The normalized spacial score (nSPS) is 15.7. The minimum absolute atomic E-state index is 0.508. The van der Waals surface area contributed by atoms with Crippen molar-refractivity contribution in [1.82, 2.24) is 20.9 Å². The van der Waals surface area contributed by atoms with E-state index in [4.69, 9.17) is 23.2 Å². The summed E-state index contributed by atoms with van der Waals surface area (Å²) in [7, 11) is 0. The molecule has 0 fully saturated rings. The molecule has 0 aromatic heterocycles. The lowest BCUT2D eigenvalue weighted by Crippen LogP contribution is -2.45. The number of hydrazine groups is 2. The van der Waals surface area contributed by atoms with Gasteiger partial charge >= 0.3 is 0 Å². The van der Waals surface area contributed by atoms with Gasteiger partial charge in [0.2, 0.25) is 0 Å². The van der Waals surface area contributed by atoms with Crippen molar-refractivity contribution < 1.29 is 0 Å². The Hall–Kier alpha value is -0.420. The van der Waals surface area contributed by atoms with Gasteiger partial charge in [-0.3, -0.25) is 5.43 Å². The zero-order valence-corrected chi connectivity index (χ0v) is 11.9. The van der Waals surface area contributed by atoms with Crippen molar-refractivity contribution in [3.8, 4) is 0 Å². The number of nitrogens with one attached hydrogen (secondary N) is 2. The van der Waals surface area contributed by atoms with E-state index < -0.39 is 0 Å². The van der Waals surface area contributed by atoms with Crippen molar-refractivity contribution in [3.63, 3.8) is 0 Å². The van der Waals surface area contributed by atoms with Crippen LogP contribution in [-0.2, 0) is 0 Å². The predicted molar refractivity (Wildman–Crippen MR) is 73.3 cm³/mol. The second-order valence-electron chi connectivity index (χ2n) is 3.78. The Labute approximate surface area is 113 Å². The van der Waals surface area contributed by atoms with Gasteiger partial charge < -0.3 is 4.90 Å². The number of hydrogen-bond acceptors (Lipinski definition) is 4. The van der Waals surface area contributed by atoms with Crippen LogP contribution >= 0.6 is 23.2 Å². The molecule has 0 aromatic carbocycles. The van der Waals surface area contributed by atoms with Crippen molar-refractivity contribution >= 4 is 23.2 Å². The fraction of sp³-hybridized carbons (Fsp3) is 0.636. The van der Waals surface area contributed by atoms with Crippen molar-refractivity contribution in [2.75, 3.05) is 26.2 Å². The maximum absolute atomic E-state index is 5.88. The molecule has 6 heteroatoms. The maximum atomic E-state index is 5.88. The summed E-state index contributed by atoms with van der Waals surface area (Å²) in [6.07, 6.45) is 4.49. The summed E-state index contributed by atoms with van der Waals surface area (Å²) < 4.78 is 0. The molecule has 0 unspecified atom stereocenters. The lowest BCUT2D eigenvalue weighted by atomic mass is 10.4. The molecule has 0 bridgehead atoms. The van der Waals surface area contributed by atoms with E-state index in [9.17, 15) is 0 Å². The number of nitrogens with zero attached hydrogens (tertiary/aromatic N) is 2. The molecular formula is C11H20Cl2N4. The Morgan fingerprint density at radius 1 is 1.35 bits per heavy atom. The first-order valence-electron chi connectivity index (χ1n) is 5.92. The monoisotopic (exact) mass is 278 g/mol. The van der Waals surface area contributed by atoms with Crippen LogP contribution in [0.2, 0.25) is 0 Å². The van der Waals surface area contributed by atoms with Crippen LogP contribution in [0, 0.1) is 0 Å². The topological polar surface area (TPSA) is 30.5 Å². The summed E-state index contributed by atoms with van der Waals surface area (Å²) in [6, 6.07) is 0. The molecule has 4 nitrogen and oxygen atoms in total. The molecule has 0 spiro atoms. The van der Waals surface area contributed by atoms with E-state index in [0.29, 0.717) is 10.2 Å². The second kappa shape index (κ2) is 7.82. The molecular weight excluding hydrogens is 259 g/mol. The van der Waals surface area contributed by atoms with E-state index in [1.165, 1.54) is 0 Å². The van der Waals surface area contributed by atoms with Gasteiger partial charge in [0, 0.05) is 6.54 Å². The zero-order chi connectivity index (χ0) is 12.7. The summed E-state index contributed by atoms with van der Waals surface area (Å²) >= 11 is 11.7. The molecule has 0 atom stereocenters. The highest BCUT2D eigenvalue weighted by molar-refractivity contribution is 6.34. The fourth-order valence-corrected chi connectivity index (χ4v) is 2.06. The van der Waals surface area contributed by atoms with Crippen LogP contribution < -0.4 is 10.9 Å². The van der Waals surface area contributed by atoms with Gasteiger partial charge in [-0.05, 0) is 32.1 Å². The maximum Gasteiger partial charge on any atom is 0.123 e. The molecule has 0 saturated heterocycles. The van der Waals surface area contributed by atoms with Crippen LogP contribution in [0.3, 0.4) is 0 Å². The van der Waals surface area contributed by atoms with Gasteiger partial charge in [-0.25, -0.2) is 10.5 Å². The minimum atomic E-state index is 0.508. The van der Waals surface area contributed by atoms with E-state index in [1.807, 2.05) is 0 Å². The molecule has 0 aromatic rings. The third kappa shape index (κ3) is 5.64. The first-order valence-corrected chi connectivity index (χ1v) is 6.67. The number of hydrogen-bond donors (Lipinski definition) is 2. The van der Waals surface area contributed by atoms with Gasteiger partial charge in [0.05, 0.1) is 11.2 Å². The van der Waals surface area contributed by atoms with Gasteiger partial charge in [-0.15, -0.1) is 0 Å². The minimum Gasteiger partial charge on any atom is -0.304 e. The molecule has 0 radical (unpaired) electrons. The quantitative estimate of drug-likeness (QED) is 0.552. The fourth-order valence-electron chi connectivity index (χ4n) is 1.59. The molecule has 1 aliphatic heterocycles. The van der Waals surface area contributed by atoms with E-state index in [-0.39, 0.29) is 0 Å². The summed E-state index contributed by atoms with van der Waals surface area (Å²) in [6.45, 7) is 8.51. The lowest BCUT2D eigenvalue weighted by Gasteiger charge is -2.26. The van der Waals surface area contributed by atoms with Gasteiger partial charge in [-0.1, -0.05) is 37.0 Å². The van der Waals surface area contributed by atoms with Crippen LogP contribution in [0.4, 0.5) is 0 Å². The second-order valence-corrected chi connectivity index (χ2v) is 4.62. The molecule has 1 heterocycles. The van der Waals surface area contributed by atoms with Gasteiger partial charge in [0.25, 0.3) is 0 Å². The first kappa shape index (κ1) is 14.6. The van der Waals surface area contributed by atoms with Crippen molar-refractivity contribution in [2.45, 2.75) is 20.3 Å². The van der Waals surface area contributed by atoms with Gasteiger partial charge in [0.15, 0.2) is 0 Å². The molecule has 1 aliphatic rings. The average Bonchev–Trinajstić information content (AvgIpc) is 2.28. The standard InChI is InChI=1S/C11H20Cl2N4/c1-3-16(4-2)7-5-6-14-17-9-10(12)8-11(13)15-17/h8-9,14-15H,3-7H2,1-2H3. The highest BCUT2D eigenvalue weighted by Gasteiger charge is 2.07. The SMILES string of the molecule is CCN(CC)CCCNN1C=C(Cl)C=C(Cl)N1. The summed E-state index contributed by atoms with van der Waals surface area (Å²) in [4.78, 5) is 2.39. The van der Waals surface area contributed by atoms with E-state index in [1.54, 1.807) is 17.4 Å². The molecule has 2 N–H and O–H groups in total. The zero-order valence-electron chi connectivity index (χ0n) is 10.3. The van der Waals surface area contributed by atoms with Crippen LogP contribution in [0.25, 0.3) is 0 Å². The summed E-state index contributed by atoms with van der Waals surface area (Å²) in [5, 5.41) is 2.80. The number of allylic oxidation sites excluding steroid dienone is 2. The number of rotatable bonds is 7. The molecule has 0 saturated carbocycles. The van der Waals surface area contributed by atoms with Crippen LogP contribution in [0.5, 0.6) is 0 Å². The van der Waals surface area contributed by atoms with Gasteiger partial charge in [-0.2, -0.15) is 0 Å². The molecule has 98 valence electrons. The van der Waals surface area contributed by atoms with Crippen molar-refractivity contribution in [1.29, 1.82) is 0 Å². The Morgan fingerprint density at radius 2 is 2.06 bits per heavy atom. The highest BCUT2D eigenvalue weighted by atomic mass is 35.5. The summed E-state index contributed by atoms with van der Waals surface area (Å²) in [5.74, 6) is 0. The van der Waals surface area contributed by atoms with Gasteiger partial charge in [0.1, 0.15) is 5.16 Å². The third-order valence-electron chi connectivity index (χ3n) is 2.57. The highest BCUT2D eigenvalue weighted by Crippen LogP contribution is 2.13. The third-order valence-corrected chi connectivity index (χ3v) is 2.97. The van der Waals surface area contributed by atoms with Crippen molar-refractivity contribution in [2.24, 2.45) is 0 Å². The van der Waals surface area contributed by atoms with Crippen LogP contribution in [0.15, 0.2) is 22.5 Å². The van der Waals surface area contributed by atoms with E-state index in [0.717, 1.165) is 32.6 Å². The Kier molecular flexibility index (Phi) is 6.73. The Balaban J connectivity index is 2.18. The number of halogens is 2. The Bertz CT molecular complexity index is 287. The molecule has 0 amide bonds. The first-order chi connectivity index (χ1) is 8.15. The van der Waals surface area contributed by atoms with Crippen LogP contribution in [0.1, 0.15) is 20.3 Å². The molecule has 0 aliphatic carbocycles. The van der Waals surface area contributed by atoms with E-state index in [2.05, 4.69) is 29.6 Å². The predicted octanol–water partition coefficient (Wildman–Crippen LogP) is 2.20.